The largest absolute Gasteiger partial charge is 0.486 e. The Morgan fingerprint density at radius 3 is 2.88 bits per heavy atom. The van der Waals surface area contributed by atoms with Gasteiger partial charge < -0.3 is 14.7 Å². The maximum Gasteiger partial charge on any atom is 0.257 e. The number of likely N-dealkylation sites (tertiary alicyclic amines) is 1. The molecule has 1 saturated heterocycles. The van der Waals surface area contributed by atoms with Gasteiger partial charge in [0.2, 0.25) is 0 Å². The van der Waals surface area contributed by atoms with Crippen LogP contribution in [-0.2, 0) is 0 Å². The first-order valence-electron chi connectivity index (χ1n) is 7.64. The third-order valence-electron chi connectivity index (χ3n) is 3.94. The van der Waals surface area contributed by atoms with Gasteiger partial charge in [-0.05, 0) is 26.0 Å². The number of hydrogen-bond acceptors (Lipinski definition) is 5. The van der Waals surface area contributed by atoms with Crippen molar-refractivity contribution in [2.24, 2.45) is 0 Å². The van der Waals surface area contributed by atoms with Crippen molar-refractivity contribution in [3.8, 4) is 5.75 Å². The third kappa shape index (κ3) is 3.35. The van der Waals surface area contributed by atoms with Gasteiger partial charge in [-0.2, -0.15) is 0 Å². The van der Waals surface area contributed by atoms with Gasteiger partial charge in [-0.3, -0.25) is 4.79 Å². The molecule has 0 radical (unpaired) electrons. The van der Waals surface area contributed by atoms with Crippen LogP contribution in [0.25, 0.3) is 0 Å². The summed E-state index contributed by atoms with van der Waals surface area (Å²) in [4.78, 5) is 22.3. The molecule has 126 valence electrons. The third-order valence-corrected chi connectivity index (χ3v) is 3.94. The van der Waals surface area contributed by atoms with Gasteiger partial charge in [0.15, 0.2) is 0 Å². The Hall–Kier alpha value is -2.54. The number of aromatic nitrogens is 2. The van der Waals surface area contributed by atoms with Gasteiger partial charge in [-0.15, -0.1) is 0 Å². The Kier molecular flexibility index (Phi) is 4.44. The fraction of sp³-hybridized carbons (Fsp3) is 0.353. The molecule has 1 aromatic carbocycles. The highest BCUT2D eigenvalue weighted by molar-refractivity contribution is 5.95. The molecule has 7 heteroatoms. The van der Waals surface area contributed by atoms with E-state index in [4.69, 9.17) is 4.74 Å². The average Bonchev–Trinajstić information content (AvgIpc) is 2.88. The van der Waals surface area contributed by atoms with Gasteiger partial charge in [0, 0.05) is 12.3 Å². The number of aliphatic hydroxyl groups excluding tert-OH is 1. The van der Waals surface area contributed by atoms with E-state index < -0.39 is 18.0 Å². The summed E-state index contributed by atoms with van der Waals surface area (Å²) in [5.74, 6) is 0.248. The Balaban J connectivity index is 1.72. The molecule has 1 aromatic heterocycles. The Bertz CT molecular complexity index is 768. The smallest absolute Gasteiger partial charge is 0.257 e. The van der Waals surface area contributed by atoms with Gasteiger partial charge in [0.25, 0.3) is 5.91 Å². The van der Waals surface area contributed by atoms with Gasteiger partial charge in [0.1, 0.15) is 29.6 Å². The molecule has 0 unspecified atom stereocenters. The number of carbonyl (C=O) groups excluding carboxylic acids is 1. The summed E-state index contributed by atoms with van der Waals surface area (Å²) < 4.78 is 18.8. The number of aliphatic hydroxyl groups is 1. The van der Waals surface area contributed by atoms with E-state index >= 15 is 0 Å². The van der Waals surface area contributed by atoms with Crippen molar-refractivity contribution in [2.45, 2.75) is 26.1 Å². The monoisotopic (exact) mass is 331 g/mol. The summed E-state index contributed by atoms with van der Waals surface area (Å²) in [6, 6.07) is 5.70. The predicted octanol–water partition coefficient (Wildman–Crippen LogP) is 1.50. The summed E-state index contributed by atoms with van der Waals surface area (Å²) >= 11 is 0. The van der Waals surface area contributed by atoms with Crippen LogP contribution in [0, 0.1) is 19.7 Å². The van der Waals surface area contributed by atoms with E-state index in [2.05, 4.69) is 9.97 Å². The van der Waals surface area contributed by atoms with Gasteiger partial charge in [0.05, 0.1) is 24.3 Å². The van der Waals surface area contributed by atoms with E-state index in [1.54, 1.807) is 19.9 Å². The van der Waals surface area contributed by atoms with E-state index in [0.717, 1.165) is 0 Å². The maximum atomic E-state index is 13.2. The average molecular weight is 331 g/mol. The molecular weight excluding hydrogens is 313 g/mol. The van der Waals surface area contributed by atoms with Gasteiger partial charge >= 0.3 is 0 Å². The van der Waals surface area contributed by atoms with Crippen molar-refractivity contribution in [2.75, 3.05) is 13.1 Å². The number of rotatable bonds is 3. The highest BCUT2D eigenvalue weighted by Gasteiger charge is 2.36. The Morgan fingerprint density at radius 1 is 1.38 bits per heavy atom. The number of nitrogens with zero attached hydrogens (tertiary/aromatic N) is 3. The normalized spacial score (nSPS) is 20.2. The van der Waals surface area contributed by atoms with Crippen LogP contribution in [0.3, 0.4) is 0 Å². The standard InChI is InChI=1S/C17H18FN3O3/c1-10-14(7-19-11(2)20-10)17(23)21-8-15(22)16(9-21)24-13-5-3-4-12(18)6-13/h3-7,15-16,22H,8-9H2,1-2H3/t15-,16-/m1/s1. The summed E-state index contributed by atoms with van der Waals surface area (Å²) in [5, 5.41) is 10.2. The number of amides is 1. The van der Waals surface area contributed by atoms with Crippen LogP contribution in [0.15, 0.2) is 30.5 Å². The zero-order valence-corrected chi connectivity index (χ0v) is 13.4. The van der Waals surface area contributed by atoms with Crippen molar-refractivity contribution < 1.29 is 19.0 Å². The molecule has 1 aliphatic heterocycles. The SMILES string of the molecule is Cc1ncc(C(=O)N2C[C@@H](O)[C@H](Oc3cccc(F)c3)C2)c(C)n1. The highest BCUT2D eigenvalue weighted by atomic mass is 19.1. The first kappa shape index (κ1) is 16.3. The number of β-amino-alcohol motifs (C(OH)–C–C–N with tert-alkyl or cyclic N) is 1. The summed E-state index contributed by atoms with van der Waals surface area (Å²) in [6.45, 7) is 3.86. The molecular formula is C17H18FN3O3. The summed E-state index contributed by atoms with van der Waals surface area (Å²) in [5.41, 5.74) is 0.996. The molecule has 1 aliphatic rings. The molecule has 0 aliphatic carbocycles. The minimum absolute atomic E-state index is 0.145. The van der Waals surface area contributed by atoms with Gasteiger partial charge in [-0.25, -0.2) is 14.4 Å². The lowest BCUT2D eigenvalue weighted by molar-refractivity contribution is 0.0727. The maximum absolute atomic E-state index is 13.2. The van der Waals surface area contributed by atoms with E-state index in [9.17, 15) is 14.3 Å². The van der Waals surface area contributed by atoms with Crippen LogP contribution >= 0.6 is 0 Å². The molecule has 0 saturated carbocycles. The van der Waals surface area contributed by atoms with Crippen molar-refractivity contribution in [3.63, 3.8) is 0 Å². The second-order valence-electron chi connectivity index (χ2n) is 5.81. The molecule has 1 N–H and O–H groups in total. The van der Waals surface area contributed by atoms with Crippen LogP contribution in [0.1, 0.15) is 21.9 Å². The van der Waals surface area contributed by atoms with Crippen molar-refractivity contribution in [3.05, 3.63) is 53.4 Å². The number of hydrogen-bond donors (Lipinski definition) is 1. The van der Waals surface area contributed by atoms with Crippen molar-refractivity contribution in [1.29, 1.82) is 0 Å². The lowest BCUT2D eigenvalue weighted by Crippen LogP contribution is -2.32. The molecule has 3 rings (SSSR count). The van der Waals surface area contributed by atoms with Crippen molar-refractivity contribution >= 4 is 5.91 Å². The molecule has 2 aromatic rings. The van der Waals surface area contributed by atoms with Crippen molar-refractivity contribution in [1.82, 2.24) is 14.9 Å². The lowest BCUT2D eigenvalue weighted by Gasteiger charge is -2.18. The fourth-order valence-electron chi connectivity index (χ4n) is 2.72. The van der Waals surface area contributed by atoms with E-state index in [-0.39, 0.29) is 19.0 Å². The minimum Gasteiger partial charge on any atom is -0.486 e. The molecule has 0 bridgehead atoms. The predicted molar refractivity (Wildman–Crippen MR) is 84.2 cm³/mol. The highest BCUT2D eigenvalue weighted by Crippen LogP contribution is 2.21. The summed E-state index contributed by atoms with van der Waals surface area (Å²) in [6.07, 6.45) is 0.0407. The Morgan fingerprint density at radius 2 is 2.17 bits per heavy atom. The fourth-order valence-corrected chi connectivity index (χ4v) is 2.72. The van der Waals surface area contributed by atoms with Crippen LogP contribution < -0.4 is 4.74 Å². The van der Waals surface area contributed by atoms with E-state index in [1.165, 1.54) is 29.3 Å². The lowest BCUT2D eigenvalue weighted by atomic mass is 10.2. The quantitative estimate of drug-likeness (QED) is 0.922. The zero-order chi connectivity index (χ0) is 17.3. The van der Waals surface area contributed by atoms with E-state index in [1.807, 2.05) is 0 Å². The molecule has 0 spiro atoms. The van der Waals surface area contributed by atoms with Gasteiger partial charge in [-0.1, -0.05) is 6.07 Å². The first-order chi connectivity index (χ1) is 11.4. The molecule has 1 fully saturated rings. The zero-order valence-electron chi connectivity index (χ0n) is 13.4. The second kappa shape index (κ2) is 6.52. The number of carbonyl (C=O) groups is 1. The van der Waals surface area contributed by atoms with E-state index in [0.29, 0.717) is 22.8 Å². The number of ether oxygens (including phenoxy) is 1. The van der Waals surface area contributed by atoms with Crippen LogP contribution in [-0.4, -0.2) is 51.2 Å². The molecule has 1 amide bonds. The minimum atomic E-state index is -0.844. The molecule has 2 heterocycles. The second-order valence-corrected chi connectivity index (χ2v) is 5.81. The number of halogens is 1. The summed E-state index contributed by atoms with van der Waals surface area (Å²) in [7, 11) is 0. The molecule has 6 nitrogen and oxygen atoms in total. The number of aryl methyl sites for hydroxylation is 2. The number of benzene rings is 1. The molecule has 2 atom stereocenters. The Labute approximate surface area is 138 Å². The molecule has 24 heavy (non-hydrogen) atoms. The van der Waals surface area contributed by atoms with Crippen LogP contribution in [0.5, 0.6) is 5.75 Å². The van der Waals surface area contributed by atoms with Crippen LogP contribution in [0.2, 0.25) is 0 Å². The first-order valence-corrected chi connectivity index (χ1v) is 7.64. The van der Waals surface area contributed by atoms with Crippen LogP contribution in [0.4, 0.5) is 4.39 Å². The topological polar surface area (TPSA) is 75.6 Å².